The lowest BCUT2D eigenvalue weighted by Gasteiger charge is -2.35. The van der Waals surface area contributed by atoms with E-state index in [2.05, 4.69) is 13.8 Å². The van der Waals surface area contributed by atoms with E-state index in [1.54, 1.807) is 4.90 Å². The maximum Gasteiger partial charge on any atom is 0.410 e. The van der Waals surface area contributed by atoms with E-state index in [4.69, 9.17) is 4.74 Å². The molecule has 2 aliphatic rings. The van der Waals surface area contributed by atoms with Crippen molar-refractivity contribution in [3.63, 3.8) is 0 Å². The standard InChI is InChI=1S/C22H31NO4/c1-15(2)17-8-10-18(11-9-17)19-12-23(13-20(19)21(24)25)22(26)27-14-16-6-4-3-5-7-16/h3-7,15,17-20H,8-14H2,1-2H3,(H,24,25). The zero-order chi connectivity index (χ0) is 19.4. The van der Waals surface area contributed by atoms with Crippen molar-refractivity contribution in [2.75, 3.05) is 13.1 Å². The molecule has 0 aromatic heterocycles. The molecule has 1 heterocycles. The molecule has 1 N–H and O–H groups in total. The maximum atomic E-state index is 12.5. The first-order chi connectivity index (χ1) is 13.0. The first kappa shape index (κ1) is 19.7. The van der Waals surface area contributed by atoms with Crippen LogP contribution < -0.4 is 0 Å². The van der Waals surface area contributed by atoms with Crippen LogP contribution in [0.15, 0.2) is 30.3 Å². The molecule has 1 aromatic rings. The second-order valence-electron chi connectivity index (χ2n) is 8.47. The van der Waals surface area contributed by atoms with Gasteiger partial charge in [0.25, 0.3) is 0 Å². The average Bonchev–Trinajstić information content (AvgIpc) is 3.13. The SMILES string of the molecule is CC(C)C1CCC(C2CN(C(=O)OCc3ccccc3)CC2C(=O)O)CC1. The number of carboxylic acids is 1. The molecule has 27 heavy (non-hydrogen) atoms. The first-order valence-corrected chi connectivity index (χ1v) is 10.1. The van der Waals surface area contributed by atoms with Gasteiger partial charge in [-0.15, -0.1) is 0 Å². The fraction of sp³-hybridized carbons (Fsp3) is 0.636. The van der Waals surface area contributed by atoms with Crippen LogP contribution in [0.5, 0.6) is 0 Å². The zero-order valence-electron chi connectivity index (χ0n) is 16.3. The van der Waals surface area contributed by atoms with Crippen molar-refractivity contribution < 1.29 is 19.4 Å². The third-order valence-electron chi connectivity index (χ3n) is 6.51. The van der Waals surface area contributed by atoms with Crippen LogP contribution in [0.25, 0.3) is 0 Å². The van der Waals surface area contributed by atoms with E-state index in [1.165, 1.54) is 12.8 Å². The number of aliphatic carboxylic acids is 1. The molecule has 2 atom stereocenters. The van der Waals surface area contributed by atoms with Gasteiger partial charge in [-0.25, -0.2) is 4.79 Å². The minimum Gasteiger partial charge on any atom is -0.481 e. The lowest BCUT2D eigenvalue weighted by atomic mass is 9.70. The Labute approximate surface area is 161 Å². The molecular formula is C22H31NO4. The van der Waals surface area contributed by atoms with Gasteiger partial charge in [0.05, 0.1) is 5.92 Å². The van der Waals surface area contributed by atoms with Crippen molar-refractivity contribution in [2.45, 2.75) is 46.1 Å². The van der Waals surface area contributed by atoms with Crippen molar-refractivity contribution in [1.82, 2.24) is 4.90 Å². The van der Waals surface area contributed by atoms with Crippen molar-refractivity contribution in [1.29, 1.82) is 0 Å². The second kappa shape index (κ2) is 8.77. The largest absolute Gasteiger partial charge is 0.481 e. The van der Waals surface area contributed by atoms with Gasteiger partial charge in [-0.3, -0.25) is 4.79 Å². The number of nitrogens with zero attached hydrogens (tertiary/aromatic N) is 1. The molecule has 148 valence electrons. The van der Waals surface area contributed by atoms with Crippen LogP contribution in [0.4, 0.5) is 4.79 Å². The molecule has 1 saturated heterocycles. The minimum absolute atomic E-state index is 0.0416. The van der Waals surface area contributed by atoms with Crippen LogP contribution in [-0.4, -0.2) is 35.2 Å². The van der Waals surface area contributed by atoms with E-state index >= 15 is 0 Å². The van der Waals surface area contributed by atoms with E-state index in [1.807, 2.05) is 30.3 Å². The van der Waals surface area contributed by atoms with Gasteiger partial charge in [0.2, 0.25) is 0 Å². The lowest BCUT2D eigenvalue weighted by molar-refractivity contribution is -0.143. The van der Waals surface area contributed by atoms with Crippen molar-refractivity contribution in [3.05, 3.63) is 35.9 Å². The third-order valence-corrected chi connectivity index (χ3v) is 6.51. The van der Waals surface area contributed by atoms with Crippen LogP contribution in [-0.2, 0) is 16.1 Å². The van der Waals surface area contributed by atoms with Crippen LogP contribution in [0, 0.1) is 29.6 Å². The normalized spacial score (nSPS) is 28.3. The van der Waals surface area contributed by atoms with E-state index in [0.717, 1.165) is 24.3 Å². The molecule has 5 heteroatoms. The topological polar surface area (TPSA) is 66.8 Å². The maximum absolute atomic E-state index is 12.5. The highest BCUT2D eigenvalue weighted by atomic mass is 16.6. The Morgan fingerprint density at radius 3 is 2.37 bits per heavy atom. The molecule has 0 bridgehead atoms. The molecule has 3 rings (SSSR count). The van der Waals surface area contributed by atoms with Crippen LogP contribution in [0.2, 0.25) is 0 Å². The predicted molar refractivity (Wildman–Crippen MR) is 103 cm³/mol. The van der Waals surface area contributed by atoms with E-state index in [-0.39, 0.29) is 19.1 Å². The molecule has 2 fully saturated rings. The Bertz CT molecular complexity index is 637. The number of hydrogen-bond acceptors (Lipinski definition) is 3. The Morgan fingerprint density at radius 1 is 1.11 bits per heavy atom. The highest BCUT2D eigenvalue weighted by molar-refractivity contribution is 5.74. The molecule has 0 spiro atoms. The summed E-state index contributed by atoms with van der Waals surface area (Å²) in [6, 6.07) is 9.55. The summed E-state index contributed by atoms with van der Waals surface area (Å²) in [5.41, 5.74) is 0.934. The average molecular weight is 373 g/mol. The smallest absolute Gasteiger partial charge is 0.410 e. The van der Waals surface area contributed by atoms with E-state index < -0.39 is 18.0 Å². The summed E-state index contributed by atoms with van der Waals surface area (Å²) in [6.45, 7) is 5.52. The fourth-order valence-electron chi connectivity index (χ4n) is 4.77. The number of carbonyl (C=O) groups excluding carboxylic acids is 1. The molecular weight excluding hydrogens is 342 g/mol. The van der Waals surface area contributed by atoms with Gasteiger partial charge in [0.1, 0.15) is 6.61 Å². The van der Waals surface area contributed by atoms with Gasteiger partial charge in [-0.1, -0.05) is 44.2 Å². The van der Waals surface area contributed by atoms with Gasteiger partial charge in [0.15, 0.2) is 0 Å². The van der Waals surface area contributed by atoms with Crippen LogP contribution >= 0.6 is 0 Å². The molecule has 1 aliphatic carbocycles. The predicted octanol–water partition coefficient (Wildman–Crippen LogP) is 4.42. The summed E-state index contributed by atoms with van der Waals surface area (Å²) >= 11 is 0. The summed E-state index contributed by atoms with van der Waals surface area (Å²) in [4.78, 5) is 25.9. The molecule has 1 aliphatic heterocycles. The quantitative estimate of drug-likeness (QED) is 0.830. The lowest BCUT2D eigenvalue weighted by Crippen LogP contribution is -2.32. The van der Waals surface area contributed by atoms with Gasteiger partial charge in [-0.2, -0.15) is 0 Å². The Kier molecular flexibility index (Phi) is 6.40. The number of hydrogen-bond donors (Lipinski definition) is 1. The fourth-order valence-corrected chi connectivity index (χ4v) is 4.77. The van der Waals surface area contributed by atoms with E-state index in [0.29, 0.717) is 18.4 Å². The monoisotopic (exact) mass is 373 g/mol. The number of benzene rings is 1. The molecule has 1 saturated carbocycles. The van der Waals surface area contributed by atoms with Crippen LogP contribution in [0.1, 0.15) is 45.1 Å². The first-order valence-electron chi connectivity index (χ1n) is 10.1. The summed E-state index contributed by atoms with van der Waals surface area (Å²) in [7, 11) is 0. The van der Waals surface area contributed by atoms with Crippen molar-refractivity contribution in [3.8, 4) is 0 Å². The Morgan fingerprint density at radius 2 is 1.78 bits per heavy atom. The molecule has 2 unspecified atom stereocenters. The van der Waals surface area contributed by atoms with E-state index in [9.17, 15) is 14.7 Å². The summed E-state index contributed by atoms with van der Waals surface area (Å²) in [6.07, 6.45) is 4.09. The van der Waals surface area contributed by atoms with Crippen LogP contribution in [0.3, 0.4) is 0 Å². The van der Waals surface area contributed by atoms with Crippen molar-refractivity contribution in [2.24, 2.45) is 29.6 Å². The third kappa shape index (κ3) is 4.82. The number of likely N-dealkylation sites (tertiary alicyclic amines) is 1. The summed E-state index contributed by atoms with van der Waals surface area (Å²) in [5, 5.41) is 9.68. The molecule has 5 nitrogen and oxygen atoms in total. The highest BCUT2D eigenvalue weighted by Crippen LogP contribution is 2.42. The van der Waals surface area contributed by atoms with Crippen molar-refractivity contribution >= 4 is 12.1 Å². The van der Waals surface area contributed by atoms with Gasteiger partial charge in [0, 0.05) is 13.1 Å². The number of rotatable bonds is 5. The molecule has 1 amide bonds. The summed E-state index contributed by atoms with van der Waals surface area (Å²) in [5.74, 6) is 0.610. The van der Waals surface area contributed by atoms with Gasteiger partial charge >= 0.3 is 12.1 Å². The zero-order valence-corrected chi connectivity index (χ0v) is 16.3. The second-order valence-corrected chi connectivity index (χ2v) is 8.47. The molecule has 0 radical (unpaired) electrons. The number of carbonyl (C=O) groups is 2. The number of carboxylic acid groups (broad SMARTS) is 1. The number of ether oxygens (including phenoxy) is 1. The molecule has 1 aromatic carbocycles. The Hall–Kier alpha value is -2.04. The highest BCUT2D eigenvalue weighted by Gasteiger charge is 2.44. The number of amides is 1. The van der Waals surface area contributed by atoms with Gasteiger partial charge < -0.3 is 14.7 Å². The summed E-state index contributed by atoms with van der Waals surface area (Å²) < 4.78 is 5.42. The van der Waals surface area contributed by atoms with Gasteiger partial charge in [-0.05, 0) is 54.9 Å². The minimum atomic E-state index is -0.788. The Balaban J connectivity index is 1.57.